The van der Waals surface area contributed by atoms with E-state index in [9.17, 15) is 28.0 Å². The van der Waals surface area contributed by atoms with Gasteiger partial charge < -0.3 is 15.5 Å². The Hall–Kier alpha value is -3.38. The lowest BCUT2D eigenvalue weighted by molar-refractivity contribution is -0.146. The number of carbonyl (C=O) groups is 2. The van der Waals surface area contributed by atoms with Crippen LogP contribution in [0.2, 0.25) is 0 Å². The minimum atomic E-state index is -2.86. The second kappa shape index (κ2) is 8.28. The number of nitriles is 1. The number of likely N-dealkylation sites (N-methyl/N-ethyl adjacent to an activating group) is 1. The third kappa shape index (κ3) is 3.71. The number of carbonyl (C=O) groups excluding carboxylic acids is 2. The average Bonchev–Trinajstić information content (AvgIpc) is 3.01. The van der Waals surface area contributed by atoms with Gasteiger partial charge in [-0.2, -0.15) is 5.26 Å². The number of nitrogens with one attached hydrogen (secondary N) is 2. The zero-order valence-corrected chi connectivity index (χ0v) is 17.3. The standard InChI is InChI=1S/C23H21F3N4O2/c1-30-19-8-14(3-5-16(19)9-20(30)31)13-2-4-15(18(24)7-13)6-17(10-27)29-22(32)23(21(25)26)11-28-12-23/h2-5,7-8,17,21,28H,6,9,11-12H2,1H3,(H,29,32). The van der Waals surface area contributed by atoms with Crippen LogP contribution in [0, 0.1) is 22.6 Å². The Kier molecular flexibility index (Phi) is 5.65. The third-order valence-corrected chi connectivity index (χ3v) is 6.18. The van der Waals surface area contributed by atoms with Gasteiger partial charge in [-0.1, -0.05) is 24.3 Å². The molecule has 2 amide bonds. The van der Waals surface area contributed by atoms with Gasteiger partial charge in [-0.3, -0.25) is 9.59 Å². The Morgan fingerprint density at radius 2 is 1.94 bits per heavy atom. The van der Waals surface area contributed by atoms with Gasteiger partial charge in [0.05, 0.1) is 12.5 Å². The number of alkyl halides is 2. The van der Waals surface area contributed by atoms with E-state index >= 15 is 0 Å². The van der Waals surface area contributed by atoms with Crippen molar-refractivity contribution in [3.63, 3.8) is 0 Å². The Morgan fingerprint density at radius 1 is 1.25 bits per heavy atom. The smallest absolute Gasteiger partial charge is 0.255 e. The molecule has 2 N–H and O–H groups in total. The van der Waals surface area contributed by atoms with Crippen molar-refractivity contribution in [1.29, 1.82) is 5.26 Å². The number of rotatable bonds is 6. The molecule has 0 radical (unpaired) electrons. The molecule has 2 aliphatic rings. The maximum atomic E-state index is 14.8. The highest BCUT2D eigenvalue weighted by Crippen LogP contribution is 2.33. The number of anilines is 1. The van der Waals surface area contributed by atoms with Crippen molar-refractivity contribution in [3.05, 3.63) is 53.3 Å². The summed E-state index contributed by atoms with van der Waals surface area (Å²) in [6, 6.07) is 10.7. The van der Waals surface area contributed by atoms with Crippen LogP contribution in [0.15, 0.2) is 36.4 Å². The summed E-state index contributed by atoms with van der Waals surface area (Å²) >= 11 is 0. The van der Waals surface area contributed by atoms with Gasteiger partial charge in [0, 0.05) is 32.2 Å². The van der Waals surface area contributed by atoms with Crippen molar-refractivity contribution in [2.45, 2.75) is 25.3 Å². The predicted octanol–water partition coefficient (Wildman–Crippen LogP) is 2.42. The first-order valence-electron chi connectivity index (χ1n) is 10.1. The quantitative estimate of drug-likeness (QED) is 0.720. The summed E-state index contributed by atoms with van der Waals surface area (Å²) in [7, 11) is 1.69. The van der Waals surface area contributed by atoms with Crippen LogP contribution in [0.1, 0.15) is 11.1 Å². The van der Waals surface area contributed by atoms with Gasteiger partial charge in [0.25, 0.3) is 6.43 Å². The molecule has 0 aliphatic carbocycles. The molecule has 9 heteroatoms. The molecule has 2 aromatic rings. The normalized spacial score (nSPS) is 17.5. The van der Waals surface area contributed by atoms with Gasteiger partial charge in [-0.25, -0.2) is 13.2 Å². The fourth-order valence-electron chi connectivity index (χ4n) is 3.97. The van der Waals surface area contributed by atoms with Crippen LogP contribution in [-0.2, 0) is 22.4 Å². The molecule has 2 aliphatic heterocycles. The highest BCUT2D eigenvalue weighted by molar-refractivity contribution is 6.01. The van der Waals surface area contributed by atoms with Crippen LogP contribution in [0.3, 0.4) is 0 Å². The largest absolute Gasteiger partial charge is 0.339 e. The number of fused-ring (bicyclic) bond motifs is 1. The first-order chi connectivity index (χ1) is 15.2. The van der Waals surface area contributed by atoms with Crippen molar-refractivity contribution in [1.82, 2.24) is 10.6 Å². The molecule has 0 bridgehead atoms. The van der Waals surface area contributed by atoms with Crippen molar-refractivity contribution in [2.75, 3.05) is 25.0 Å². The van der Waals surface area contributed by atoms with Crippen molar-refractivity contribution < 1.29 is 22.8 Å². The van der Waals surface area contributed by atoms with E-state index in [4.69, 9.17) is 0 Å². The van der Waals surface area contributed by atoms with E-state index in [1.54, 1.807) is 18.0 Å². The molecule has 1 atom stereocenters. The van der Waals surface area contributed by atoms with Crippen LogP contribution in [0.5, 0.6) is 0 Å². The molecule has 0 saturated carbocycles. The maximum absolute atomic E-state index is 14.8. The van der Waals surface area contributed by atoms with E-state index in [1.807, 2.05) is 24.3 Å². The summed E-state index contributed by atoms with van der Waals surface area (Å²) in [6.07, 6.45) is -2.67. The molecule has 4 rings (SSSR count). The molecule has 0 spiro atoms. The fraction of sp³-hybridized carbons (Fsp3) is 0.348. The molecule has 0 aromatic heterocycles. The summed E-state index contributed by atoms with van der Waals surface area (Å²) in [5, 5.41) is 14.3. The van der Waals surface area contributed by atoms with E-state index < -0.39 is 29.6 Å². The Balaban J connectivity index is 1.50. The molecule has 2 aromatic carbocycles. The lowest BCUT2D eigenvalue weighted by Gasteiger charge is -2.40. The zero-order chi connectivity index (χ0) is 23.0. The minimum Gasteiger partial charge on any atom is -0.339 e. The maximum Gasteiger partial charge on any atom is 0.255 e. The van der Waals surface area contributed by atoms with Crippen molar-refractivity contribution in [3.8, 4) is 17.2 Å². The van der Waals surface area contributed by atoms with E-state index in [-0.39, 0.29) is 31.0 Å². The highest BCUT2D eigenvalue weighted by Gasteiger charge is 2.52. The number of halogens is 3. The second-order valence-electron chi connectivity index (χ2n) is 8.20. The predicted molar refractivity (Wildman–Crippen MR) is 112 cm³/mol. The fourth-order valence-corrected chi connectivity index (χ4v) is 3.97. The van der Waals surface area contributed by atoms with Crippen LogP contribution in [0.25, 0.3) is 11.1 Å². The molecule has 32 heavy (non-hydrogen) atoms. The van der Waals surface area contributed by atoms with Gasteiger partial charge >= 0.3 is 0 Å². The summed E-state index contributed by atoms with van der Waals surface area (Å²) in [6.45, 7) is -0.335. The van der Waals surface area contributed by atoms with E-state index in [1.165, 1.54) is 12.1 Å². The number of hydrogen-bond acceptors (Lipinski definition) is 4. The molecule has 1 fully saturated rings. The lowest BCUT2D eigenvalue weighted by atomic mass is 9.81. The Bertz CT molecular complexity index is 1120. The van der Waals surface area contributed by atoms with Gasteiger partial charge in [-0.15, -0.1) is 0 Å². The molecule has 166 valence electrons. The summed E-state index contributed by atoms with van der Waals surface area (Å²) < 4.78 is 41.4. The van der Waals surface area contributed by atoms with E-state index in [2.05, 4.69) is 10.6 Å². The van der Waals surface area contributed by atoms with Gasteiger partial charge in [0.1, 0.15) is 17.3 Å². The Labute approximate surface area is 183 Å². The first-order valence-corrected chi connectivity index (χ1v) is 10.1. The molecule has 2 heterocycles. The first kappa shape index (κ1) is 21.8. The average molecular weight is 442 g/mol. The lowest BCUT2D eigenvalue weighted by Crippen LogP contribution is -2.66. The molecular formula is C23H21F3N4O2. The summed E-state index contributed by atoms with van der Waals surface area (Å²) in [5.74, 6) is -1.49. The minimum absolute atomic E-state index is 0.00502. The summed E-state index contributed by atoms with van der Waals surface area (Å²) in [5.41, 5.74) is 1.36. The van der Waals surface area contributed by atoms with Crippen LogP contribution >= 0.6 is 0 Å². The zero-order valence-electron chi connectivity index (χ0n) is 17.3. The summed E-state index contributed by atoms with van der Waals surface area (Å²) in [4.78, 5) is 25.7. The van der Waals surface area contributed by atoms with Gasteiger partial charge in [0.15, 0.2) is 0 Å². The van der Waals surface area contributed by atoms with Gasteiger partial charge in [0.2, 0.25) is 11.8 Å². The van der Waals surface area contributed by atoms with E-state index in [0.717, 1.165) is 16.8 Å². The van der Waals surface area contributed by atoms with Crippen LogP contribution < -0.4 is 15.5 Å². The monoisotopic (exact) mass is 442 g/mol. The second-order valence-corrected chi connectivity index (χ2v) is 8.20. The van der Waals surface area contributed by atoms with Crippen LogP contribution in [0.4, 0.5) is 18.9 Å². The number of nitrogens with zero attached hydrogens (tertiary/aromatic N) is 2. The van der Waals surface area contributed by atoms with Gasteiger partial charge in [-0.05, 0) is 34.4 Å². The van der Waals surface area contributed by atoms with Crippen LogP contribution in [-0.4, -0.2) is 44.4 Å². The molecule has 1 saturated heterocycles. The third-order valence-electron chi connectivity index (χ3n) is 6.18. The number of hydrogen-bond donors (Lipinski definition) is 2. The van der Waals surface area contributed by atoms with Crippen molar-refractivity contribution >= 4 is 17.5 Å². The number of benzene rings is 2. The van der Waals surface area contributed by atoms with E-state index in [0.29, 0.717) is 12.0 Å². The SMILES string of the molecule is CN1C(=O)Cc2ccc(-c3ccc(CC(C#N)NC(=O)C4(C(F)F)CNC4)c(F)c3)cc21. The Morgan fingerprint density at radius 3 is 2.53 bits per heavy atom. The highest BCUT2D eigenvalue weighted by atomic mass is 19.3. The molecule has 6 nitrogen and oxygen atoms in total. The molecule has 1 unspecified atom stereocenters. The number of amides is 2. The topological polar surface area (TPSA) is 85.2 Å². The van der Waals surface area contributed by atoms with Crippen molar-refractivity contribution in [2.24, 2.45) is 5.41 Å². The molecular weight excluding hydrogens is 421 g/mol.